The van der Waals surface area contributed by atoms with Gasteiger partial charge < -0.3 is 0 Å². The second-order valence-corrected chi connectivity index (χ2v) is 4.66. The topological polar surface area (TPSA) is 79.5 Å². The summed E-state index contributed by atoms with van der Waals surface area (Å²) in [6.07, 6.45) is 0. The van der Waals surface area contributed by atoms with E-state index in [4.69, 9.17) is 5.26 Å². The molecule has 0 aliphatic carbocycles. The molecule has 7 heteroatoms. The van der Waals surface area contributed by atoms with Crippen molar-refractivity contribution in [3.05, 3.63) is 35.4 Å². The molecule has 1 aromatic carbocycles. The molecule has 1 aromatic heterocycles. The van der Waals surface area contributed by atoms with Gasteiger partial charge in [-0.15, -0.1) is 5.10 Å². The van der Waals surface area contributed by atoms with Crippen LogP contribution in [0.4, 0.5) is 0 Å². The summed E-state index contributed by atoms with van der Waals surface area (Å²) in [5, 5.41) is 15.5. The summed E-state index contributed by atoms with van der Waals surface area (Å²) >= 11 is 2.05. The molecule has 2 rings (SSSR count). The lowest BCUT2D eigenvalue weighted by molar-refractivity contribution is 0.108. The fourth-order valence-corrected chi connectivity index (χ4v) is 2.17. The first kappa shape index (κ1) is 10.7. The maximum atomic E-state index is 11.7. The highest BCUT2D eigenvalue weighted by atomic mass is 32.2. The fourth-order valence-electron chi connectivity index (χ4n) is 0.984. The summed E-state index contributed by atoms with van der Waals surface area (Å²) in [5.41, 5.74) is 1.05. The molecule has 0 saturated heterocycles. The second kappa shape index (κ2) is 4.83. The molecule has 0 N–H and O–H groups in total. The average molecular weight is 248 g/mol. The summed E-state index contributed by atoms with van der Waals surface area (Å²) in [6, 6.07) is 8.42. The van der Waals surface area contributed by atoms with Crippen molar-refractivity contribution in [2.45, 2.75) is 4.34 Å². The summed E-state index contributed by atoms with van der Waals surface area (Å²) in [5.74, 6) is 0. The predicted octanol–water partition coefficient (Wildman–Crippen LogP) is 1.74. The largest absolute Gasteiger partial charge is 0.281 e. The van der Waals surface area contributed by atoms with E-state index in [9.17, 15) is 4.79 Å². The van der Waals surface area contributed by atoms with Crippen molar-refractivity contribution >= 4 is 28.4 Å². The highest BCUT2D eigenvalue weighted by molar-refractivity contribution is 8.15. The normalized spacial score (nSPS) is 9.69. The SMILES string of the molecule is N#Cc1ccc(C(=O)Sc2nnns2)cc1. The molecular weight excluding hydrogens is 244 g/mol. The maximum absolute atomic E-state index is 11.7. The van der Waals surface area contributed by atoms with Crippen LogP contribution in [0.3, 0.4) is 0 Å². The first-order chi connectivity index (χ1) is 7.79. The van der Waals surface area contributed by atoms with Gasteiger partial charge >= 0.3 is 0 Å². The molecule has 1 heterocycles. The van der Waals surface area contributed by atoms with E-state index in [1.807, 2.05) is 6.07 Å². The lowest BCUT2D eigenvalue weighted by atomic mass is 10.2. The third-order valence-corrected chi connectivity index (χ3v) is 3.26. The Morgan fingerprint density at radius 1 is 1.38 bits per heavy atom. The Labute approximate surface area is 99.3 Å². The number of nitriles is 1. The van der Waals surface area contributed by atoms with Crippen molar-refractivity contribution in [1.82, 2.24) is 14.8 Å². The number of thioether (sulfide) groups is 1. The van der Waals surface area contributed by atoms with E-state index < -0.39 is 0 Å². The van der Waals surface area contributed by atoms with Crippen LogP contribution in [-0.4, -0.2) is 19.9 Å². The Bertz CT molecular complexity index is 530. The third-order valence-electron chi connectivity index (χ3n) is 1.71. The molecule has 0 fully saturated rings. The molecule has 0 aliphatic rings. The smallest absolute Gasteiger partial charge is 0.226 e. The van der Waals surface area contributed by atoms with Gasteiger partial charge in [0.15, 0.2) is 0 Å². The van der Waals surface area contributed by atoms with Gasteiger partial charge in [-0.3, -0.25) is 4.79 Å². The number of carbonyl (C=O) groups excluding carboxylic acids is 1. The molecular formula is C9H4N4OS2. The van der Waals surface area contributed by atoms with Crippen LogP contribution in [0.1, 0.15) is 15.9 Å². The van der Waals surface area contributed by atoms with E-state index >= 15 is 0 Å². The summed E-state index contributed by atoms with van der Waals surface area (Å²) in [6.45, 7) is 0. The van der Waals surface area contributed by atoms with Crippen LogP contribution in [0.15, 0.2) is 28.6 Å². The van der Waals surface area contributed by atoms with Crippen molar-refractivity contribution < 1.29 is 4.79 Å². The van der Waals surface area contributed by atoms with E-state index in [0.29, 0.717) is 15.5 Å². The summed E-state index contributed by atoms with van der Waals surface area (Å²) in [7, 11) is 0. The Kier molecular flexibility index (Phi) is 3.24. The van der Waals surface area contributed by atoms with Gasteiger partial charge in [0.1, 0.15) is 0 Å². The van der Waals surface area contributed by atoms with Crippen LogP contribution in [-0.2, 0) is 0 Å². The lowest BCUT2D eigenvalue weighted by Gasteiger charge is -1.96. The molecule has 78 valence electrons. The highest BCUT2D eigenvalue weighted by Gasteiger charge is 2.10. The molecule has 0 atom stereocenters. The minimum absolute atomic E-state index is 0.136. The van der Waals surface area contributed by atoms with E-state index in [-0.39, 0.29) is 5.12 Å². The number of benzene rings is 1. The van der Waals surface area contributed by atoms with Gasteiger partial charge in [0.25, 0.3) is 0 Å². The van der Waals surface area contributed by atoms with Crippen LogP contribution >= 0.6 is 23.3 Å². The molecule has 2 aromatic rings. The number of hydrogen-bond acceptors (Lipinski definition) is 7. The van der Waals surface area contributed by atoms with Crippen molar-refractivity contribution in [3.63, 3.8) is 0 Å². The summed E-state index contributed by atoms with van der Waals surface area (Å²) in [4.78, 5) is 11.7. The van der Waals surface area contributed by atoms with Gasteiger partial charge in [-0.2, -0.15) is 5.26 Å². The molecule has 5 nitrogen and oxygen atoms in total. The number of carbonyl (C=O) groups is 1. The van der Waals surface area contributed by atoms with E-state index in [1.165, 1.54) is 0 Å². The first-order valence-corrected chi connectivity index (χ1v) is 5.76. The standard InChI is InChI=1S/C9H4N4OS2/c10-5-6-1-3-7(4-2-6)8(14)15-9-11-12-13-16-9/h1-4H. The zero-order valence-electron chi connectivity index (χ0n) is 7.82. The predicted molar refractivity (Wildman–Crippen MR) is 59.0 cm³/mol. The molecule has 0 saturated carbocycles. The Morgan fingerprint density at radius 3 is 2.69 bits per heavy atom. The zero-order chi connectivity index (χ0) is 11.4. The number of nitrogens with zero attached hydrogens (tertiary/aromatic N) is 4. The number of hydrogen-bond donors (Lipinski definition) is 0. The van der Waals surface area contributed by atoms with Gasteiger partial charge in [-0.1, -0.05) is 4.49 Å². The van der Waals surface area contributed by atoms with Gasteiger partial charge in [0.05, 0.1) is 11.6 Å². The summed E-state index contributed by atoms with van der Waals surface area (Å²) < 4.78 is 4.07. The van der Waals surface area contributed by atoms with E-state index in [0.717, 1.165) is 23.3 Å². The monoisotopic (exact) mass is 248 g/mol. The number of rotatable bonds is 2. The van der Waals surface area contributed by atoms with Crippen LogP contribution in [0, 0.1) is 11.3 Å². The van der Waals surface area contributed by atoms with Crippen LogP contribution in [0.2, 0.25) is 0 Å². The minimum atomic E-state index is -0.136. The molecule has 0 radical (unpaired) electrons. The molecule has 0 spiro atoms. The van der Waals surface area contributed by atoms with Crippen LogP contribution < -0.4 is 0 Å². The zero-order valence-corrected chi connectivity index (χ0v) is 9.46. The second-order valence-electron chi connectivity index (χ2n) is 2.71. The van der Waals surface area contributed by atoms with Crippen molar-refractivity contribution in [1.29, 1.82) is 5.26 Å². The molecule has 0 aliphatic heterocycles. The Morgan fingerprint density at radius 2 is 2.12 bits per heavy atom. The Hall–Kier alpha value is -1.78. The number of aromatic nitrogens is 3. The average Bonchev–Trinajstić information content (AvgIpc) is 2.82. The quantitative estimate of drug-likeness (QED) is 0.753. The van der Waals surface area contributed by atoms with Gasteiger partial charge in [-0.25, -0.2) is 0 Å². The maximum Gasteiger partial charge on any atom is 0.226 e. The molecule has 0 bridgehead atoms. The first-order valence-electron chi connectivity index (χ1n) is 4.17. The highest BCUT2D eigenvalue weighted by Crippen LogP contribution is 2.22. The van der Waals surface area contributed by atoms with Crippen LogP contribution in [0.5, 0.6) is 0 Å². The van der Waals surface area contributed by atoms with Crippen molar-refractivity contribution in [2.24, 2.45) is 0 Å². The van der Waals surface area contributed by atoms with Gasteiger partial charge in [0, 0.05) is 17.1 Å². The molecule has 16 heavy (non-hydrogen) atoms. The van der Waals surface area contributed by atoms with Crippen molar-refractivity contribution in [2.75, 3.05) is 0 Å². The van der Waals surface area contributed by atoms with Gasteiger partial charge in [0.2, 0.25) is 9.45 Å². The fraction of sp³-hybridized carbons (Fsp3) is 0. The lowest BCUT2D eigenvalue weighted by Crippen LogP contribution is -1.92. The Balaban J connectivity index is 2.12. The van der Waals surface area contributed by atoms with Crippen molar-refractivity contribution in [3.8, 4) is 6.07 Å². The van der Waals surface area contributed by atoms with Crippen LogP contribution in [0.25, 0.3) is 0 Å². The minimum Gasteiger partial charge on any atom is -0.281 e. The third kappa shape index (κ3) is 2.42. The molecule has 0 amide bonds. The van der Waals surface area contributed by atoms with E-state index in [2.05, 4.69) is 14.8 Å². The van der Waals surface area contributed by atoms with E-state index in [1.54, 1.807) is 24.3 Å². The molecule has 0 unspecified atom stereocenters. The van der Waals surface area contributed by atoms with Gasteiger partial charge in [-0.05, 0) is 41.2 Å².